The number of carboxylic acids is 1. The van der Waals surface area contributed by atoms with Crippen molar-refractivity contribution < 1.29 is 19.1 Å². The van der Waals surface area contributed by atoms with E-state index in [-0.39, 0.29) is 16.9 Å². The van der Waals surface area contributed by atoms with Crippen molar-refractivity contribution in [1.29, 1.82) is 0 Å². The predicted octanol–water partition coefficient (Wildman–Crippen LogP) is 1.35. The number of halogens is 1. The number of benzene rings is 1. The normalized spacial score (nSPS) is 13.0. The van der Waals surface area contributed by atoms with Crippen molar-refractivity contribution in [3.05, 3.63) is 35.1 Å². The van der Waals surface area contributed by atoms with E-state index in [2.05, 4.69) is 0 Å². The molecule has 7 heteroatoms. The monoisotopic (exact) mass is 300 g/mol. The number of hydrogen-bond acceptors (Lipinski definition) is 4. The van der Waals surface area contributed by atoms with Gasteiger partial charge < -0.3 is 16.6 Å². The molecule has 0 aliphatic rings. The second kappa shape index (κ2) is 6.23. The number of carbonyl (C=O) groups excluding carboxylic acids is 1. The summed E-state index contributed by atoms with van der Waals surface area (Å²) < 4.78 is 12.9. The van der Waals surface area contributed by atoms with Crippen molar-refractivity contribution in [2.75, 3.05) is 0 Å². The summed E-state index contributed by atoms with van der Waals surface area (Å²) in [6.45, 7) is 3.35. The molecule has 0 saturated heterocycles. The molecule has 0 fully saturated rings. The second-order valence-electron chi connectivity index (χ2n) is 4.88. The average molecular weight is 300 g/mol. The zero-order valence-electron chi connectivity index (χ0n) is 11.2. The molecule has 5 N–H and O–H groups in total. The predicted molar refractivity (Wildman–Crippen MR) is 75.9 cm³/mol. The van der Waals surface area contributed by atoms with Crippen LogP contribution in [0.25, 0.3) is 0 Å². The van der Waals surface area contributed by atoms with E-state index in [0.29, 0.717) is 0 Å². The molecule has 0 unspecified atom stereocenters. The van der Waals surface area contributed by atoms with Crippen molar-refractivity contribution >= 4 is 23.6 Å². The zero-order chi connectivity index (χ0) is 15.5. The van der Waals surface area contributed by atoms with E-state index >= 15 is 0 Å². The third-order valence-electron chi connectivity index (χ3n) is 2.94. The molecule has 0 aromatic heterocycles. The third kappa shape index (κ3) is 3.94. The summed E-state index contributed by atoms with van der Waals surface area (Å²) in [5, 5.41) is 8.91. The lowest BCUT2D eigenvalue weighted by Crippen LogP contribution is -2.46. The number of carboxylic acid groups (broad SMARTS) is 1. The highest BCUT2D eigenvalue weighted by Crippen LogP contribution is 2.31. The molecule has 0 saturated carbocycles. The Bertz CT molecular complexity index is 534. The summed E-state index contributed by atoms with van der Waals surface area (Å²) in [5.74, 6) is -2.03. The molecule has 5 nitrogen and oxygen atoms in total. The van der Waals surface area contributed by atoms with Gasteiger partial charge in [0.05, 0.1) is 0 Å². The average Bonchev–Trinajstić information content (AvgIpc) is 2.36. The van der Waals surface area contributed by atoms with Crippen LogP contribution in [0.2, 0.25) is 0 Å². The Morgan fingerprint density at radius 1 is 1.45 bits per heavy atom. The molecule has 1 amide bonds. The minimum absolute atomic E-state index is 0.195. The molecule has 1 aromatic carbocycles. The third-order valence-corrected chi connectivity index (χ3v) is 4.40. The summed E-state index contributed by atoms with van der Waals surface area (Å²) in [7, 11) is 0. The topological polar surface area (TPSA) is 106 Å². The molecule has 0 radical (unpaired) electrons. The first-order valence-corrected chi connectivity index (χ1v) is 6.84. The molecule has 1 rings (SSSR count). The van der Waals surface area contributed by atoms with E-state index < -0.39 is 28.5 Å². The van der Waals surface area contributed by atoms with Crippen molar-refractivity contribution in [3.8, 4) is 0 Å². The largest absolute Gasteiger partial charge is 0.480 e. The van der Waals surface area contributed by atoms with Crippen LogP contribution in [0.4, 0.5) is 4.39 Å². The first-order valence-electron chi connectivity index (χ1n) is 5.85. The van der Waals surface area contributed by atoms with Gasteiger partial charge in [-0.15, -0.1) is 11.8 Å². The van der Waals surface area contributed by atoms with E-state index in [1.807, 2.05) is 0 Å². The van der Waals surface area contributed by atoms with E-state index in [4.69, 9.17) is 16.6 Å². The minimum atomic E-state index is -1.12. The maximum atomic E-state index is 13.7. The molecule has 0 aliphatic heterocycles. The van der Waals surface area contributed by atoms with E-state index in [1.165, 1.54) is 30.0 Å². The van der Waals surface area contributed by atoms with Gasteiger partial charge in [-0.05, 0) is 37.6 Å². The van der Waals surface area contributed by atoms with Gasteiger partial charge in [0.2, 0.25) is 5.91 Å². The van der Waals surface area contributed by atoms with Crippen molar-refractivity contribution in [1.82, 2.24) is 0 Å². The number of carbonyl (C=O) groups is 2. The van der Waals surface area contributed by atoms with Gasteiger partial charge in [-0.2, -0.15) is 0 Å². The summed E-state index contributed by atoms with van der Waals surface area (Å²) in [6.07, 6.45) is 0. The molecule has 0 spiro atoms. The first kappa shape index (κ1) is 16.5. The van der Waals surface area contributed by atoms with Crippen LogP contribution in [-0.2, 0) is 10.5 Å². The minimum Gasteiger partial charge on any atom is -0.480 e. The Balaban J connectivity index is 2.87. The van der Waals surface area contributed by atoms with Gasteiger partial charge >= 0.3 is 5.97 Å². The van der Waals surface area contributed by atoms with Gasteiger partial charge in [-0.25, -0.2) is 4.39 Å². The number of aliphatic carboxylic acids is 1. The Labute approximate surface area is 120 Å². The smallest absolute Gasteiger partial charge is 0.321 e. The lowest BCUT2D eigenvalue weighted by atomic mass is 10.1. The van der Waals surface area contributed by atoms with Crippen molar-refractivity contribution in [3.63, 3.8) is 0 Å². The summed E-state index contributed by atoms with van der Waals surface area (Å²) in [4.78, 5) is 22.0. The van der Waals surface area contributed by atoms with Crippen LogP contribution in [0, 0.1) is 5.82 Å². The van der Waals surface area contributed by atoms with Gasteiger partial charge in [0.1, 0.15) is 11.9 Å². The maximum absolute atomic E-state index is 13.7. The quantitative estimate of drug-likeness (QED) is 0.735. The molecular formula is C13H17FN2O3S. The Morgan fingerprint density at radius 3 is 2.55 bits per heavy atom. The highest BCUT2D eigenvalue weighted by atomic mass is 32.2. The Morgan fingerprint density at radius 2 is 2.05 bits per heavy atom. The molecule has 20 heavy (non-hydrogen) atoms. The highest BCUT2D eigenvalue weighted by molar-refractivity contribution is 7.99. The van der Waals surface area contributed by atoms with Crippen LogP contribution in [0.1, 0.15) is 29.8 Å². The Kier molecular flexibility index (Phi) is 5.13. The van der Waals surface area contributed by atoms with Crippen molar-refractivity contribution in [2.24, 2.45) is 11.5 Å². The van der Waals surface area contributed by atoms with Crippen LogP contribution < -0.4 is 11.5 Å². The molecule has 0 aliphatic carbocycles. The highest BCUT2D eigenvalue weighted by Gasteiger charge is 2.32. The Hall–Kier alpha value is -1.60. The first-order chi connectivity index (χ1) is 9.15. The van der Waals surface area contributed by atoms with Crippen LogP contribution >= 0.6 is 11.8 Å². The van der Waals surface area contributed by atoms with Gasteiger partial charge in [-0.3, -0.25) is 9.59 Å². The molecule has 1 aromatic rings. The molecule has 110 valence electrons. The summed E-state index contributed by atoms with van der Waals surface area (Å²) in [6, 6.07) is 2.77. The van der Waals surface area contributed by atoms with Crippen LogP contribution in [0.5, 0.6) is 0 Å². The van der Waals surface area contributed by atoms with Crippen molar-refractivity contribution in [2.45, 2.75) is 30.4 Å². The standard InChI is InChI=1S/C13H17FN2O3S/c1-13(2,10(15)12(18)19)20-6-8-5-7(11(16)17)3-4-9(8)14/h3-5,10H,6,15H2,1-2H3,(H2,16,17)(H,18,19)/t10-/m1/s1. The molecule has 1 atom stereocenters. The fourth-order valence-corrected chi connectivity index (χ4v) is 2.52. The SMILES string of the molecule is CC(C)(SCc1cc(C(N)=O)ccc1F)[C@H](N)C(=O)O. The van der Waals surface area contributed by atoms with Gasteiger partial charge in [0.25, 0.3) is 0 Å². The molecule has 0 heterocycles. The fraction of sp³-hybridized carbons (Fsp3) is 0.385. The molecule has 0 bridgehead atoms. The maximum Gasteiger partial charge on any atom is 0.321 e. The number of primary amides is 1. The lowest BCUT2D eigenvalue weighted by Gasteiger charge is -2.28. The lowest BCUT2D eigenvalue weighted by molar-refractivity contribution is -0.139. The van der Waals surface area contributed by atoms with Gasteiger partial charge in [0.15, 0.2) is 0 Å². The van der Waals surface area contributed by atoms with E-state index in [0.717, 1.165) is 0 Å². The fourth-order valence-electron chi connectivity index (χ4n) is 1.49. The van der Waals surface area contributed by atoms with Gasteiger partial charge in [0, 0.05) is 16.1 Å². The molecular weight excluding hydrogens is 283 g/mol. The van der Waals surface area contributed by atoms with Crippen LogP contribution in [0.15, 0.2) is 18.2 Å². The number of hydrogen-bond donors (Lipinski definition) is 3. The van der Waals surface area contributed by atoms with Gasteiger partial charge in [-0.1, -0.05) is 0 Å². The van der Waals surface area contributed by atoms with E-state index in [1.54, 1.807) is 13.8 Å². The van der Waals surface area contributed by atoms with E-state index in [9.17, 15) is 14.0 Å². The second-order valence-corrected chi connectivity index (χ2v) is 6.51. The summed E-state index contributed by atoms with van der Waals surface area (Å²) >= 11 is 1.20. The number of nitrogens with two attached hydrogens (primary N) is 2. The summed E-state index contributed by atoms with van der Waals surface area (Å²) in [5.41, 5.74) is 11.2. The van der Waals surface area contributed by atoms with Crippen LogP contribution in [0.3, 0.4) is 0 Å². The van der Waals surface area contributed by atoms with Crippen LogP contribution in [-0.4, -0.2) is 27.8 Å². The number of amides is 1. The zero-order valence-corrected chi connectivity index (χ0v) is 12.0. The number of rotatable bonds is 6. The number of thioether (sulfide) groups is 1.